The van der Waals surface area contributed by atoms with Crippen LogP contribution < -0.4 is 0 Å². The summed E-state index contributed by atoms with van der Waals surface area (Å²) in [4.78, 5) is 16.3. The number of aryl methyl sites for hydroxylation is 1. The summed E-state index contributed by atoms with van der Waals surface area (Å²) in [7, 11) is 1.81. The average molecular weight is 305 g/mol. The molecule has 0 saturated heterocycles. The summed E-state index contributed by atoms with van der Waals surface area (Å²) in [6.07, 6.45) is 1.65. The summed E-state index contributed by atoms with van der Waals surface area (Å²) in [5.74, 6) is -0.178. The molecule has 1 aromatic heterocycles. The molecule has 0 bridgehead atoms. The van der Waals surface area contributed by atoms with Crippen LogP contribution in [0.4, 0.5) is 0 Å². The van der Waals surface area contributed by atoms with Crippen molar-refractivity contribution in [2.24, 2.45) is 12.0 Å². The van der Waals surface area contributed by atoms with Gasteiger partial charge >= 0.3 is 5.97 Å². The van der Waals surface area contributed by atoms with E-state index in [1.807, 2.05) is 45.2 Å². The van der Waals surface area contributed by atoms with Gasteiger partial charge < -0.3 is 9.30 Å². The van der Waals surface area contributed by atoms with Crippen molar-refractivity contribution >= 4 is 17.9 Å². The Morgan fingerprint density at radius 2 is 2.09 bits per heavy atom. The second-order valence-electron chi connectivity index (χ2n) is 5.45. The molecule has 0 spiro atoms. The Bertz CT molecular complexity index is 911. The lowest BCUT2D eigenvalue weighted by Crippen LogP contribution is -2.05. The highest BCUT2D eigenvalue weighted by molar-refractivity contribution is 6.12. The van der Waals surface area contributed by atoms with Crippen molar-refractivity contribution in [2.45, 2.75) is 13.8 Å². The molecule has 1 aliphatic heterocycles. The number of nitrogens with zero attached hydrogens (tertiary/aromatic N) is 3. The Kier molecular flexibility index (Phi) is 3.59. The molecule has 23 heavy (non-hydrogen) atoms. The van der Waals surface area contributed by atoms with E-state index < -0.39 is 5.97 Å². The molecule has 1 aromatic carbocycles. The molecule has 0 N–H and O–H groups in total. The van der Waals surface area contributed by atoms with Crippen LogP contribution in [0.1, 0.15) is 28.1 Å². The summed E-state index contributed by atoms with van der Waals surface area (Å²) in [5, 5.41) is 9.08. The van der Waals surface area contributed by atoms with E-state index in [1.165, 1.54) is 0 Å². The van der Waals surface area contributed by atoms with E-state index in [9.17, 15) is 4.79 Å². The Labute approximate surface area is 134 Å². The first-order chi connectivity index (χ1) is 11.0. The Morgan fingerprint density at radius 3 is 2.74 bits per heavy atom. The number of aromatic nitrogens is 1. The van der Waals surface area contributed by atoms with E-state index in [1.54, 1.807) is 16.7 Å². The predicted molar refractivity (Wildman–Crippen MR) is 86.7 cm³/mol. The molecule has 0 unspecified atom stereocenters. The molecule has 1 aliphatic rings. The van der Waals surface area contributed by atoms with Crippen molar-refractivity contribution in [3.8, 4) is 6.07 Å². The van der Waals surface area contributed by atoms with Crippen LogP contribution in [-0.4, -0.2) is 16.4 Å². The summed E-state index contributed by atoms with van der Waals surface area (Å²) in [6, 6.07) is 11.5. The molecule has 0 saturated carbocycles. The summed E-state index contributed by atoms with van der Waals surface area (Å²) < 4.78 is 7.04. The van der Waals surface area contributed by atoms with Crippen LogP contribution in [0.3, 0.4) is 0 Å². The quantitative estimate of drug-likeness (QED) is 0.633. The number of aliphatic imine (C=N–C) groups is 1. The van der Waals surface area contributed by atoms with Gasteiger partial charge in [-0.25, -0.2) is 9.79 Å². The lowest BCUT2D eigenvalue weighted by atomic mass is 10.1. The normalized spacial score (nSPS) is 15.5. The number of rotatable bonds is 2. The maximum Gasteiger partial charge on any atom is 0.363 e. The van der Waals surface area contributed by atoms with E-state index in [-0.39, 0.29) is 5.70 Å². The second kappa shape index (κ2) is 5.58. The minimum atomic E-state index is -0.483. The zero-order valence-corrected chi connectivity index (χ0v) is 13.1. The van der Waals surface area contributed by atoms with Gasteiger partial charge in [-0.3, -0.25) is 0 Å². The van der Waals surface area contributed by atoms with E-state index in [4.69, 9.17) is 10.00 Å². The first-order valence-corrected chi connectivity index (χ1v) is 7.15. The first-order valence-electron chi connectivity index (χ1n) is 7.15. The minimum Gasteiger partial charge on any atom is -0.402 e. The van der Waals surface area contributed by atoms with Gasteiger partial charge in [0, 0.05) is 18.3 Å². The van der Waals surface area contributed by atoms with Crippen molar-refractivity contribution < 1.29 is 9.53 Å². The van der Waals surface area contributed by atoms with Crippen LogP contribution in [0, 0.1) is 25.2 Å². The molecule has 2 aromatic rings. The van der Waals surface area contributed by atoms with Gasteiger partial charge in [0.1, 0.15) is 11.8 Å². The number of ether oxygens (including phenoxy) is 1. The van der Waals surface area contributed by atoms with Crippen LogP contribution in [0.25, 0.3) is 6.08 Å². The number of nitriles is 1. The largest absolute Gasteiger partial charge is 0.402 e. The number of cyclic esters (lactones) is 1. The van der Waals surface area contributed by atoms with Gasteiger partial charge in [-0.15, -0.1) is 0 Å². The Morgan fingerprint density at radius 1 is 1.30 bits per heavy atom. The zero-order chi connectivity index (χ0) is 16.6. The molecule has 2 heterocycles. The fourth-order valence-corrected chi connectivity index (χ4v) is 2.43. The molecule has 0 amide bonds. The highest BCUT2D eigenvalue weighted by Crippen LogP contribution is 2.22. The highest BCUT2D eigenvalue weighted by atomic mass is 16.6. The van der Waals surface area contributed by atoms with Gasteiger partial charge in [-0.1, -0.05) is 17.7 Å². The lowest BCUT2D eigenvalue weighted by Gasteiger charge is -1.99. The lowest BCUT2D eigenvalue weighted by molar-refractivity contribution is -0.129. The van der Waals surface area contributed by atoms with Crippen LogP contribution in [0.15, 0.2) is 41.0 Å². The third-order valence-electron chi connectivity index (χ3n) is 3.87. The average Bonchev–Trinajstić information content (AvgIpc) is 3.03. The third kappa shape index (κ3) is 2.67. The summed E-state index contributed by atoms with van der Waals surface area (Å²) in [6.45, 7) is 3.85. The van der Waals surface area contributed by atoms with Gasteiger partial charge in [0.15, 0.2) is 5.70 Å². The van der Waals surface area contributed by atoms with E-state index >= 15 is 0 Å². The monoisotopic (exact) mass is 305 g/mol. The van der Waals surface area contributed by atoms with Gasteiger partial charge in [0.2, 0.25) is 5.90 Å². The van der Waals surface area contributed by atoms with E-state index in [2.05, 4.69) is 11.1 Å². The number of benzene rings is 1. The van der Waals surface area contributed by atoms with Crippen molar-refractivity contribution in [1.29, 1.82) is 5.26 Å². The van der Waals surface area contributed by atoms with Gasteiger partial charge in [0.25, 0.3) is 0 Å². The Hall–Kier alpha value is -3.13. The number of carbonyl (C=O) groups is 1. The van der Waals surface area contributed by atoms with Crippen molar-refractivity contribution in [1.82, 2.24) is 4.57 Å². The van der Waals surface area contributed by atoms with Gasteiger partial charge in [0.05, 0.1) is 0 Å². The molecule has 5 heteroatoms. The van der Waals surface area contributed by atoms with E-state index in [0.717, 1.165) is 22.4 Å². The third-order valence-corrected chi connectivity index (χ3v) is 3.87. The first kappa shape index (κ1) is 14.8. The summed E-state index contributed by atoms with van der Waals surface area (Å²) >= 11 is 0. The topological polar surface area (TPSA) is 67.4 Å². The van der Waals surface area contributed by atoms with Gasteiger partial charge in [-0.05, 0) is 43.7 Å². The number of hydrogen-bond acceptors (Lipinski definition) is 4. The SMILES string of the molecule is Cc1cccc(C2=N/C(=C/c3cc(C#N)n(C)c3C)C(=O)O2)c1. The number of hydrogen-bond donors (Lipinski definition) is 0. The molecule has 0 atom stereocenters. The highest BCUT2D eigenvalue weighted by Gasteiger charge is 2.24. The zero-order valence-electron chi connectivity index (χ0n) is 13.1. The summed E-state index contributed by atoms with van der Waals surface area (Å²) in [5.41, 5.74) is 4.27. The molecular weight excluding hydrogens is 290 g/mol. The molecular formula is C18H15N3O2. The smallest absolute Gasteiger partial charge is 0.363 e. The standard InChI is InChI=1S/C18H15N3O2/c1-11-5-4-6-13(7-11)17-20-16(18(22)23-17)9-14-8-15(10-19)21(3)12(14)2/h4-9H,1-3H3/b16-9+. The molecule has 0 radical (unpaired) electrons. The molecule has 114 valence electrons. The maximum atomic E-state index is 12.0. The van der Waals surface area contributed by atoms with Crippen LogP contribution in [0.5, 0.6) is 0 Å². The number of carbonyl (C=O) groups excluding carboxylic acids is 1. The van der Waals surface area contributed by atoms with E-state index in [0.29, 0.717) is 11.6 Å². The van der Waals surface area contributed by atoms with Crippen molar-refractivity contribution in [2.75, 3.05) is 0 Å². The molecule has 5 nitrogen and oxygen atoms in total. The van der Waals surface area contributed by atoms with Crippen molar-refractivity contribution in [3.05, 3.63) is 64.1 Å². The molecule has 3 rings (SSSR count). The minimum absolute atomic E-state index is 0.236. The van der Waals surface area contributed by atoms with Crippen LogP contribution in [-0.2, 0) is 16.6 Å². The predicted octanol–water partition coefficient (Wildman–Crippen LogP) is 2.86. The fraction of sp³-hybridized carbons (Fsp3) is 0.167. The fourth-order valence-electron chi connectivity index (χ4n) is 2.43. The van der Waals surface area contributed by atoms with Crippen molar-refractivity contribution in [3.63, 3.8) is 0 Å². The Balaban J connectivity index is 2.00. The molecule has 0 fully saturated rings. The van der Waals surface area contributed by atoms with Gasteiger partial charge in [-0.2, -0.15) is 5.26 Å². The number of esters is 1. The maximum absolute atomic E-state index is 12.0. The molecule has 0 aliphatic carbocycles. The second-order valence-corrected chi connectivity index (χ2v) is 5.45. The van der Waals surface area contributed by atoms with Crippen LogP contribution >= 0.6 is 0 Å². The van der Waals surface area contributed by atoms with Crippen LogP contribution in [0.2, 0.25) is 0 Å².